The number of anilines is 1. The second-order valence-electron chi connectivity index (χ2n) is 3.87. The van der Waals surface area contributed by atoms with Gasteiger partial charge in [-0.1, -0.05) is 6.07 Å². The molecule has 1 aromatic heterocycles. The Balaban J connectivity index is 2.15. The third-order valence-corrected chi connectivity index (χ3v) is 2.43. The van der Waals surface area contributed by atoms with Crippen molar-refractivity contribution in [3.05, 3.63) is 47.4 Å². The van der Waals surface area contributed by atoms with Gasteiger partial charge < -0.3 is 14.8 Å². The van der Waals surface area contributed by atoms with Crippen molar-refractivity contribution in [2.24, 2.45) is 0 Å². The van der Waals surface area contributed by atoms with Crippen molar-refractivity contribution in [1.82, 2.24) is 0 Å². The zero-order chi connectivity index (χ0) is 12.4. The van der Waals surface area contributed by atoms with E-state index in [-0.39, 0.29) is 17.4 Å². The van der Waals surface area contributed by atoms with E-state index in [9.17, 15) is 9.90 Å². The summed E-state index contributed by atoms with van der Waals surface area (Å²) in [5.41, 5.74) is 1.30. The van der Waals surface area contributed by atoms with Gasteiger partial charge in [0, 0.05) is 11.8 Å². The molecule has 2 N–H and O–H groups in total. The predicted molar refractivity (Wildman–Crippen MR) is 64.2 cm³/mol. The van der Waals surface area contributed by atoms with E-state index >= 15 is 0 Å². The van der Waals surface area contributed by atoms with Crippen molar-refractivity contribution in [1.29, 1.82) is 0 Å². The van der Waals surface area contributed by atoms with Crippen molar-refractivity contribution >= 4 is 11.6 Å². The van der Waals surface area contributed by atoms with Gasteiger partial charge in [0.2, 0.25) is 0 Å². The summed E-state index contributed by atoms with van der Waals surface area (Å²) in [5.74, 6) is 0.754. The molecule has 0 spiro atoms. The standard InChI is InChI=1S/C13H13NO3/c1-8-3-5-10(7-11(8)15)14-13(16)12-6-4-9(2)17-12/h3-7,15H,1-2H3,(H,14,16). The molecule has 0 aliphatic rings. The lowest BCUT2D eigenvalue weighted by Crippen LogP contribution is -2.10. The largest absolute Gasteiger partial charge is 0.508 e. The van der Waals surface area contributed by atoms with E-state index in [1.165, 1.54) is 6.07 Å². The zero-order valence-electron chi connectivity index (χ0n) is 9.65. The summed E-state index contributed by atoms with van der Waals surface area (Å²) < 4.78 is 5.20. The first kappa shape index (κ1) is 11.3. The molecule has 0 radical (unpaired) electrons. The molecule has 0 unspecified atom stereocenters. The van der Waals surface area contributed by atoms with Gasteiger partial charge in [-0.15, -0.1) is 0 Å². The molecular weight excluding hydrogens is 218 g/mol. The lowest BCUT2D eigenvalue weighted by Gasteiger charge is -2.05. The van der Waals surface area contributed by atoms with Crippen LogP contribution in [0.1, 0.15) is 21.9 Å². The number of hydrogen-bond acceptors (Lipinski definition) is 3. The van der Waals surface area contributed by atoms with Crippen LogP contribution >= 0.6 is 0 Å². The quantitative estimate of drug-likeness (QED) is 0.835. The van der Waals surface area contributed by atoms with Gasteiger partial charge in [-0.2, -0.15) is 0 Å². The smallest absolute Gasteiger partial charge is 0.291 e. The summed E-state index contributed by atoms with van der Waals surface area (Å²) in [5, 5.41) is 12.2. The van der Waals surface area contributed by atoms with Crippen molar-refractivity contribution in [2.45, 2.75) is 13.8 Å². The SMILES string of the molecule is Cc1ccc(C(=O)Nc2ccc(C)c(O)c2)o1. The number of phenolic OH excluding ortho intramolecular Hbond substituents is 1. The number of carbonyl (C=O) groups excluding carboxylic acids is 1. The number of nitrogens with one attached hydrogen (secondary N) is 1. The third kappa shape index (κ3) is 2.47. The van der Waals surface area contributed by atoms with E-state index < -0.39 is 0 Å². The summed E-state index contributed by atoms with van der Waals surface area (Å²) in [6.45, 7) is 3.56. The highest BCUT2D eigenvalue weighted by Crippen LogP contribution is 2.21. The number of carbonyl (C=O) groups is 1. The van der Waals surface area contributed by atoms with Gasteiger partial charge in [-0.3, -0.25) is 4.79 Å². The Morgan fingerprint density at radius 1 is 1.24 bits per heavy atom. The second kappa shape index (κ2) is 4.33. The third-order valence-electron chi connectivity index (χ3n) is 2.43. The number of rotatable bonds is 2. The van der Waals surface area contributed by atoms with Gasteiger partial charge >= 0.3 is 0 Å². The topological polar surface area (TPSA) is 62.5 Å². The molecule has 4 heteroatoms. The fraction of sp³-hybridized carbons (Fsp3) is 0.154. The molecule has 0 bridgehead atoms. The van der Waals surface area contributed by atoms with Crippen LogP contribution in [0.25, 0.3) is 0 Å². The summed E-state index contributed by atoms with van der Waals surface area (Å²) in [4.78, 5) is 11.7. The van der Waals surface area contributed by atoms with Gasteiger partial charge in [0.15, 0.2) is 5.76 Å². The highest BCUT2D eigenvalue weighted by Gasteiger charge is 2.10. The molecular formula is C13H13NO3. The van der Waals surface area contributed by atoms with Crippen LogP contribution in [0.2, 0.25) is 0 Å². The number of benzene rings is 1. The molecule has 2 rings (SSSR count). The molecule has 0 aliphatic heterocycles. The Labute approximate surface area is 98.9 Å². The van der Waals surface area contributed by atoms with Crippen LogP contribution in [-0.2, 0) is 0 Å². The molecule has 0 fully saturated rings. The van der Waals surface area contributed by atoms with Crippen LogP contribution in [0, 0.1) is 13.8 Å². The molecule has 0 aliphatic carbocycles. The van der Waals surface area contributed by atoms with Crippen LogP contribution < -0.4 is 5.32 Å². The Kier molecular flexibility index (Phi) is 2.87. The number of aromatic hydroxyl groups is 1. The van der Waals surface area contributed by atoms with Crippen molar-refractivity contribution in [3.8, 4) is 5.75 Å². The van der Waals surface area contributed by atoms with E-state index in [0.717, 1.165) is 5.56 Å². The highest BCUT2D eigenvalue weighted by molar-refractivity contribution is 6.02. The summed E-state index contributed by atoms with van der Waals surface area (Å²) in [6, 6.07) is 8.30. The van der Waals surface area contributed by atoms with E-state index in [4.69, 9.17) is 4.42 Å². The van der Waals surface area contributed by atoms with E-state index in [1.807, 2.05) is 0 Å². The van der Waals surface area contributed by atoms with Crippen LogP contribution in [0.5, 0.6) is 5.75 Å². The molecule has 17 heavy (non-hydrogen) atoms. The van der Waals surface area contributed by atoms with Gasteiger partial charge in [-0.25, -0.2) is 0 Å². The van der Waals surface area contributed by atoms with Crippen molar-refractivity contribution in [2.75, 3.05) is 5.32 Å². The van der Waals surface area contributed by atoms with Crippen molar-refractivity contribution < 1.29 is 14.3 Å². The fourth-order valence-corrected chi connectivity index (χ4v) is 1.44. The Morgan fingerprint density at radius 2 is 2.00 bits per heavy atom. The minimum absolute atomic E-state index is 0.151. The van der Waals surface area contributed by atoms with Crippen LogP contribution in [0.3, 0.4) is 0 Å². The minimum Gasteiger partial charge on any atom is -0.508 e. The number of amides is 1. The molecule has 0 saturated heterocycles. The number of hydrogen-bond donors (Lipinski definition) is 2. The summed E-state index contributed by atoms with van der Waals surface area (Å²) in [6.07, 6.45) is 0. The molecule has 88 valence electrons. The van der Waals surface area contributed by atoms with E-state index in [2.05, 4.69) is 5.32 Å². The van der Waals surface area contributed by atoms with Gasteiger partial charge in [0.1, 0.15) is 11.5 Å². The first-order chi connectivity index (χ1) is 8.06. The summed E-state index contributed by atoms with van der Waals surface area (Å²) >= 11 is 0. The average molecular weight is 231 g/mol. The minimum atomic E-state index is -0.332. The number of aryl methyl sites for hydroxylation is 2. The lowest BCUT2D eigenvalue weighted by molar-refractivity contribution is 0.0995. The maximum atomic E-state index is 11.7. The molecule has 0 saturated carbocycles. The highest BCUT2D eigenvalue weighted by atomic mass is 16.3. The Hall–Kier alpha value is -2.23. The maximum absolute atomic E-state index is 11.7. The van der Waals surface area contributed by atoms with Gasteiger partial charge in [0.25, 0.3) is 5.91 Å². The van der Waals surface area contributed by atoms with Crippen LogP contribution in [0.15, 0.2) is 34.7 Å². The zero-order valence-corrected chi connectivity index (χ0v) is 9.65. The lowest BCUT2D eigenvalue weighted by atomic mass is 10.2. The molecule has 2 aromatic rings. The predicted octanol–water partition coefficient (Wildman–Crippen LogP) is 2.85. The first-order valence-electron chi connectivity index (χ1n) is 5.23. The number of furan rings is 1. The normalized spacial score (nSPS) is 10.2. The van der Waals surface area contributed by atoms with E-state index in [0.29, 0.717) is 11.4 Å². The van der Waals surface area contributed by atoms with Gasteiger partial charge in [0.05, 0.1) is 0 Å². The average Bonchev–Trinajstić information content (AvgIpc) is 2.70. The molecule has 4 nitrogen and oxygen atoms in total. The molecule has 1 heterocycles. The second-order valence-corrected chi connectivity index (χ2v) is 3.87. The fourth-order valence-electron chi connectivity index (χ4n) is 1.44. The van der Waals surface area contributed by atoms with Crippen molar-refractivity contribution in [3.63, 3.8) is 0 Å². The Morgan fingerprint density at radius 3 is 2.59 bits per heavy atom. The maximum Gasteiger partial charge on any atom is 0.291 e. The number of phenols is 1. The van der Waals surface area contributed by atoms with Gasteiger partial charge in [-0.05, 0) is 37.6 Å². The molecule has 0 atom stereocenters. The van der Waals surface area contributed by atoms with E-state index in [1.54, 1.807) is 38.1 Å². The van der Waals surface area contributed by atoms with Crippen LogP contribution in [-0.4, -0.2) is 11.0 Å². The Bertz CT molecular complexity index is 558. The molecule has 1 amide bonds. The first-order valence-corrected chi connectivity index (χ1v) is 5.23. The monoisotopic (exact) mass is 231 g/mol. The summed E-state index contributed by atoms with van der Waals surface area (Å²) in [7, 11) is 0. The molecule has 1 aromatic carbocycles. The van der Waals surface area contributed by atoms with Crippen LogP contribution in [0.4, 0.5) is 5.69 Å².